The summed E-state index contributed by atoms with van der Waals surface area (Å²) in [5, 5.41) is 5.22. The zero-order chi connectivity index (χ0) is 16.2. The summed E-state index contributed by atoms with van der Waals surface area (Å²) < 4.78 is 10.7. The fourth-order valence-electron chi connectivity index (χ4n) is 2.44. The van der Waals surface area contributed by atoms with Gasteiger partial charge in [0.25, 0.3) is 5.91 Å². The number of hydrogen-bond donors (Lipinski definition) is 1. The van der Waals surface area contributed by atoms with E-state index in [9.17, 15) is 4.79 Å². The third kappa shape index (κ3) is 3.80. The fourth-order valence-corrected chi connectivity index (χ4v) is 3.37. The van der Waals surface area contributed by atoms with Crippen LogP contribution in [0.1, 0.15) is 26.8 Å². The molecular weight excluding hydrogens is 314 g/mol. The minimum atomic E-state index is -0.263. The highest BCUT2D eigenvalue weighted by molar-refractivity contribution is 7.17. The molecule has 3 heterocycles. The summed E-state index contributed by atoms with van der Waals surface area (Å²) in [6.07, 6.45) is 1.66. The number of aryl methyl sites for hydroxylation is 2. The van der Waals surface area contributed by atoms with Gasteiger partial charge >= 0.3 is 0 Å². The van der Waals surface area contributed by atoms with Crippen molar-refractivity contribution in [2.75, 3.05) is 31.2 Å². The van der Waals surface area contributed by atoms with Crippen molar-refractivity contribution in [3.8, 4) is 0 Å². The van der Waals surface area contributed by atoms with Gasteiger partial charge in [0.1, 0.15) is 11.5 Å². The molecule has 0 atom stereocenters. The van der Waals surface area contributed by atoms with Crippen LogP contribution in [0, 0.1) is 13.8 Å². The predicted octanol–water partition coefficient (Wildman–Crippen LogP) is 2.56. The van der Waals surface area contributed by atoms with E-state index in [1.165, 1.54) is 5.00 Å². The Bertz CT molecular complexity index is 714. The van der Waals surface area contributed by atoms with Crippen molar-refractivity contribution in [2.45, 2.75) is 13.8 Å². The Kier molecular flexibility index (Phi) is 4.78. The second-order valence-electron chi connectivity index (χ2n) is 5.30. The van der Waals surface area contributed by atoms with E-state index >= 15 is 0 Å². The van der Waals surface area contributed by atoms with Crippen LogP contribution in [0.15, 0.2) is 27.7 Å². The Hall–Kier alpha value is -2.12. The summed E-state index contributed by atoms with van der Waals surface area (Å²) in [6.45, 7) is 6.92. The highest BCUT2D eigenvalue weighted by atomic mass is 32.1. The highest BCUT2D eigenvalue weighted by Crippen LogP contribution is 2.25. The molecule has 122 valence electrons. The van der Waals surface area contributed by atoms with Gasteiger partial charge in [0, 0.05) is 18.0 Å². The molecule has 23 heavy (non-hydrogen) atoms. The summed E-state index contributed by atoms with van der Waals surface area (Å²) in [5.41, 5.74) is 3.05. The van der Waals surface area contributed by atoms with E-state index in [-0.39, 0.29) is 5.91 Å². The molecule has 1 N–H and O–H groups in total. The minimum absolute atomic E-state index is 0.263. The third-order valence-electron chi connectivity index (χ3n) is 3.58. The van der Waals surface area contributed by atoms with Crippen LogP contribution in [0.5, 0.6) is 0 Å². The lowest BCUT2D eigenvalue weighted by atomic mass is 10.2. The lowest BCUT2D eigenvalue weighted by molar-refractivity contribution is 0.0953. The van der Waals surface area contributed by atoms with E-state index in [0.29, 0.717) is 17.1 Å². The maximum Gasteiger partial charge on any atom is 0.274 e. The maximum absolute atomic E-state index is 12.0. The molecular formula is C16H19N3O3S. The Morgan fingerprint density at radius 3 is 2.83 bits per heavy atom. The Morgan fingerprint density at radius 1 is 1.35 bits per heavy atom. The van der Waals surface area contributed by atoms with Crippen LogP contribution in [-0.2, 0) is 4.74 Å². The minimum Gasteiger partial charge on any atom is -0.466 e. The topological polar surface area (TPSA) is 67.1 Å². The number of thiophene rings is 1. The van der Waals surface area contributed by atoms with Gasteiger partial charge in [-0.05, 0) is 32.0 Å². The molecule has 0 bridgehead atoms. The fraction of sp³-hybridized carbons (Fsp3) is 0.375. The molecule has 1 aliphatic heterocycles. The van der Waals surface area contributed by atoms with Crippen LogP contribution >= 0.6 is 11.3 Å². The van der Waals surface area contributed by atoms with E-state index in [1.54, 1.807) is 30.5 Å². The molecule has 1 saturated heterocycles. The Labute approximate surface area is 138 Å². The van der Waals surface area contributed by atoms with Gasteiger partial charge in [-0.1, -0.05) is 0 Å². The first kappa shape index (κ1) is 15.8. The van der Waals surface area contributed by atoms with Crippen molar-refractivity contribution in [1.29, 1.82) is 0 Å². The lowest BCUT2D eigenvalue weighted by Gasteiger charge is -2.27. The van der Waals surface area contributed by atoms with Gasteiger partial charge < -0.3 is 14.1 Å². The van der Waals surface area contributed by atoms with E-state index in [1.807, 2.05) is 13.0 Å². The van der Waals surface area contributed by atoms with Crippen molar-refractivity contribution in [2.24, 2.45) is 5.10 Å². The number of nitrogens with zero attached hydrogens (tertiary/aromatic N) is 2. The zero-order valence-electron chi connectivity index (χ0n) is 13.2. The van der Waals surface area contributed by atoms with Crippen LogP contribution in [0.25, 0.3) is 0 Å². The molecule has 6 nitrogen and oxygen atoms in total. The molecule has 1 aliphatic rings. The predicted molar refractivity (Wildman–Crippen MR) is 90.6 cm³/mol. The number of rotatable bonds is 4. The quantitative estimate of drug-likeness (QED) is 0.690. The lowest BCUT2D eigenvalue weighted by Crippen LogP contribution is -2.35. The molecule has 0 aromatic carbocycles. The average molecular weight is 333 g/mol. The van der Waals surface area contributed by atoms with Crippen molar-refractivity contribution in [3.63, 3.8) is 0 Å². The first-order valence-corrected chi connectivity index (χ1v) is 8.28. The number of anilines is 1. The summed E-state index contributed by atoms with van der Waals surface area (Å²) in [5.74, 6) is 1.05. The van der Waals surface area contributed by atoms with E-state index in [4.69, 9.17) is 9.15 Å². The molecule has 0 radical (unpaired) electrons. The summed E-state index contributed by atoms with van der Waals surface area (Å²) >= 11 is 1.65. The number of carbonyl (C=O) groups is 1. The number of nitrogens with one attached hydrogen (secondary N) is 1. The summed E-state index contributed by atoms with van der Waals surface area (Å²) in [6, 6.07) is 5.78. The molecule has 1 fully saturated rings. The molecule has 0 unspecified atom stereocenters. The number of hydrazone groups is 1. The maximum atomic E-state index is 12.0. The van der Waals surface area contributed by atoms with Gasteiger partial charge in [-0.3, -0.25) is 4.79 Å². The van der Waals surface area contributed by atoms with Crippen molar-refractivity contribution in [3.05, 3.63) is 40.2 Å². The summed E-state index contributed by atoms with van der Waals surface area (Å²) in [4.78, 5) is 15.3. The van der Waals surface area contributed by atoms with Crippen LogP contribution < -0.4 is 10.3 Å². The molecule has 2 aromatic rings. The SMILES string of the molecule is Cc1cc(C(=O)N/N=C\c2ccc(N3CCOCC3)s2)c(C)o1. The van der Waals surface area contributed by atoms with E-state index in [0.717, 1.165) is 31.2 Å². The summed E-state index contributed by atoms with van der Waals surface area (Å²) in [7, 11) is 0. The molecule has 0 aliphatic carbocycles. The van der Waals surface area contributed by atoms with Gasteiger partial charge in [0.15, 0.2) is 0 Å². The molecule has 2 aromatic heterocycles. The number of furan rings is 1. The second-order valence-corrected chi connectivity index (χ2v) is 6.40. The molecule has 3 rings (SSSR count). The van der Waals surface area contributed by atoms with Gasteiger partial charge in [-0.15, -0.1) is 11.3 Å². The largest absolute Gasteiger partial charge is 0.466 e. The number of morpholine rings is 1. The number of hydrogen-bond acceptors (Lipinski definition) is 6. The van der Waals surface area contributed by atoms with Crippen LogP contribution in [0.3, 0.4) is 0 Å². The van der Waals surface area contributed by atoms with Gasteiger partial charge in [0.2, 0.25) is 0 Å². The highest BCUT2D eigenvalue weighted by Gasteiger charge is 2.14. The van der Waals surface area contributed by atoms with Crippen LogP contribution in [0.2, 0.25) is 0 Å². The van der Waals surface area contributed by atoms with E-state index < -0.39 is 0 Å². The van der Waals surface area contributed by atoms with Crippen molar-refractivity contribution in [1.82, 2.24) is 5.43 Å². The smallest absolute Gasteiger partial charge is 0.274 e. The average Bonchev–Trinajstić information content (AvgIpc) is 3.14. The molecule has 0 spiro atoms. The van der Waals surface area contributed by atoms with Crippen molar-refractivity contribution < 1.29 is 13.9 Å². The molecule has 7 heteroatoms. The first-order valence-electron chi connectivity index (χ1n) is 7.46. The first-order chi connectivity index (χ1) is 11.1. The normalized spacial score (nSPS) is 15.3. The van der Waals surface area contributed by atoms with E-state index in [2.05, 4.69) is 21.5 Å². The Balaban J connectivity index is 1.59. The number of ether oxygens (including phenoxy) is 1. The number of carbonyl (C=O) groups excluding carboxylic acids is 1. The van der Waals surface area contributed by atoms with Gasteiger partial charge in [-0.25, -0.2) is 5.43 Å². The van der Waals surface area contributed by atoms with Crippen LogP contribution in [-0.4, -0.2) is 38.4 Å². The zero-order valence-corrected chi connectivity index (χ0v) is 14.0. The number of amides is 1. The monoisotopic (exact) mass is 333 g/mol. The van der Waals surface area contributed by atoms with Gasteiger partial charge in [0.05, 0.1) is 30.0 Å². The van der Waals surface area contributed by atoms with Crippen LogP contribution in [0.4, 0.5) is 5.00 Å². The molecule has 0 saturated carbocycles. The van der Waals surface area contributed by atoms with Crippen molar-refractivity contribution >= 4 is 28.5 Å². The standard InChI is InChI=1S/C16H19N3O3S/c1-11-9-14(12(2)22-11)16(20)18-17-10-13-3-4-15(23-13)19-5-7-21-8-6-19/h3-4,9-10H,5-8H2,1-2H3,(H,18,20)/b17-10-. The third-order valence-corrected chi connectivity index (χ3v) is 4.66. The molecule has 1 amide bonds. The van der Waals surface area contributed by atoms with Gasteiger partial charge in [-0.2, -0.15) is 5.10 Å². The Morgan fingerprint density at radius 2 is 2.13 bits per heavy atom. The second kappa shape index (κ2) is 6.97.